The maximum absolute atomic E-state index is 13.4. The molecule has 0 saturated heterocycles. The van der Waals surface area contributed by atoms with Crippen molar-refractivity contribution in [2.24, 2.45) is 0 Å². The van der Waals surface area contributed by atoms with Gasteiger partial charge in [-0.25, -0.2) is 15.0 Å². The normalized spacial score (nSPS) is 11.8. The van der Waals surface area contributed by atoms with Gasteiger partial charge >= 0.3 is 6.18 Å². The van der Waals surface area contributed by atoms with E-state index in [2.05, 4.69) is 20.3 Å². The van der Waals surface area contributed by atoms with E-state index in [9.17, 15) is 13.2 Å². The molecular formula is C20H13Cl2F3N4S. The van der Waals surface area contributed by atoms with Crippen LogP contribution in [0.1, 0.15) is 22.0 Å². The summed E-state index contributed by atoms with van der Waals surface area (Å²) in [4.78, 5) is 13.8. The molecule has 10 heteroatoms. The minimum absolute atomic E-state index is 0.104. The predicted octanol–water partition coefficient (Wildman–Crippen LogP) is 7.05. The highest BCUT2D eigenvalue weighted by Crippen LogP contribution is 2.37. The van der Waals surface area contributed by atoms with Gasteiger partial charge in [-0.2, -0.15) is 13.2 Å². The summed E-state index contributed by atoms with van der Waals surface area (Å²) in [6.45, 7) is 1.67. The maximum Gasteiger partial charge on any atom is 0.418 e. The number of alkyl halides is 3. The summed E-state index contributed by atoms with van der Waals surface area (Å²) in [5.74, 6) is 0.627. The van der Waals surface area contributed by atoms with Crippen molar-refractivity contribution >= 4 is 56.4 Å². The van der Waals surface area contributed by atoms with Crippen LogP contribution < -0.4 is 5.32 Å². The molecule has 0 amide bonds. The zero-order valence-corrected chi connectivity index (χ0v) is 17.7. The van der Waals surface area contributed by atoms with E-state index < -0.39 is 11.7 Å². The lowest BCUT2D eigenvalue weighted by Crippen LogP contribution is -2.09. The highest BCUT2D eigenvalue weighted by Gasteiger charge is 2.33. The number of benzene rings is 2. The van der Waals surface area contributed by atoms with Crippen LogP contribution in [0.3, 0.4) is 0 Å². The van der Waals surface area contributed by atoms with Crippen molar-refractivity contribution in [1.29, 1.82) is 0 Å². The monoisotopic (exact) mass is 468 g/mol. The van der Waals surface area contributed by atoms with E-state index in [0.717, 1.165) is 11.6 Å². The summed E-state index contributed by atoms with van der Waals surface area (Å²) in [6.07, 6.45) is -4.13. The lowest BCUT2D eigenvalue weighted by molar-refractivity contribution is -0.136. The molecule has 0 unspecified atom stereocenters. The minimum atomic E-state index is -4.50. The van der Waals surface area contributed by atoms with Gasteiger partial charge in [0.1, 0.15) is 21.2 Å². The van der Waals surface area contributed by atoms with Crippen molar-refractivity contribution in [3.8, 4) is 0 Å². The van der Waals surface area contributed by atoms with Gasteiger partial charge in [-0.3, -0.25) is 0 Å². The fourth-order valence-corrected chi connectivity index (χ4v) is 4.48. The molecule has 4 aromatic rings. The van der Waals surface area contributed by atoms with Gasteiger partial charge in [-0.1, -0.05) is 52.7 Å². The molecule has 0 spiro atoms. The second-order valence-corrected chi connectivity index (χ2v) is 8.30. The number of nitrogens with zero attached hydrogens (tertiary/aromatic N) is 3. The molecule has 2 aromatic heterocycles. The summed E-state index contributed by atoms with van der Waals surface area (Å²) in [5, 5.41) is 4.49. The van der Waals surface area contributed by atoms with Crippen LogP contribution in [0.4, 0.5) is 24.7 Å². The lowest BCUT2D eigenvalue weighted by atomic mass is 10.1. The van der Waals surface area contributed by atoms with E-state index in [1.807, 2.05) is 0 Å². The van der Waals surface area contributed by atoms with E-state index in [4.69, 9.17) is 23.2 Å². The number of fused-ring (bicyclic) bond motifs is 1. The molecule has 0 saturated carbocycles. The van der Waals surface area contributed by atoms with Crippen LogP contribution in [0.25, 0.3) is 10.3 Å². The maximum atomic E-state index is 13.4. The first-order chi connectivity index (χ1) is 14.2. The third kappa shape index (κ3) is 4.21. The van der Waals surface area contributed by atoms with Gasteiger partial charge in [-0.05, 0) is 36.8 Å². The Morgan fingerprint density at radius 2 is 1.67 bits per heavy atom. The Balaban J connectivity index is 1.76. The Labute approximate surface area is 183 Å². The van der Waals surface area contributed by atoms with E-state index in [-0.39, 0.29) is 11.5 Å². The third-order valence-electron chi connectivity index (χ3n) is 4.29. The number of nitrogens with one attached hydrogen (secondary N) is 1. The van der Waals surface area contributed by atoms with Crippen molar-refractivity contribution in [3.63, 3.8) is 0 Å². The molecule has 4 nitrogen and oxygen atoms in total. The second-order valence-electron chi connectivity index (χ2n) is 6.43. The van der Waals surface area contributed by atoms with Crippen molar-refractivity contribution in [2.75, 3.05) is 5.32 Å². The first kappa shape index (κ1) is 20.8. The standard InChI is InChI=1S/C20H13Cl2F3N4S/c1-10-26-18(28-15-8-3-2-5-12(15)20(23,24)25)17-19(27-10)30-16(29-17)9-11-13(21)6-4-7-14(11)22/h2-8H,9H2,1H3,(H,26,27,28). The van der Waals surface area contributed by atoms with Crippen LogP contribution in [0.2, 0.25) is 10.0 Å². The average molecular weight is 469 g/mol. The van der Waals surface area contributed by atoms with Gasteiger partial charge in [-0.15, -0.1) is 0 Å². The quantitative estimate of drug-likeness (QED) is 0.348. The molecule has 0 aliphatic rings. The molecule has 2 aromatic carbocycles. The molecule has 1 N–H and O–H groups in total. The van der Waals surface area contributed by atoms with E-state index in [1.165, 1.54) is 29.5 Å². The van der Waals surface area contributed by atoms with Crippen LogP contribution in [-0.2, 0) is 12.6 Å². The SMILES string of the molecule is Cc1nc(Nc2ccccc2C(F)(F)F)c2nc(Cc3c(Cl)cccc3Cl)sc2n1. The second kappa shape index (κ2) is 8.02. The van der Waals surface area contributed by atoms with Crippen molar-refractivity contribution < 1.29 is 13.2 Å². The summed E-state index contributed by atoms with van der Waals surface area (Å²) in [5.41, 5.74) is 0.225. The lowest BCUT2D eigenvalue weighted by Gasteiger charge is -2.14. The predicted molar refractivity (Wildman–Crippen MR) is 114 cm³/mol. The van der Waals surface area contributed by atoms with Gasteiger partial charge in [0.15, 0.2) is 5.82 Å². The zero-order chi connectivity index (χ0) is 21.5. The number of anilines is 2. The molecule has 0 bridgehead atoms. The Morgan fingerprint density at radius 1 is 0.967 bits per heavy atom. The number of aromatic nitrogens is 3. The Hall–Kier alpha value is -2.42. The van der Waals surface area contributed by atoms with Gasteiger partial charge in [0.05, 0.1) is 11.3 Å². The van der Waals surface area contributed by atoms with Crippen LogP contribution in [0, 0.1) is 6.92 Å². The van der Waals surface area contributed by atoms with Crippen LogP contribution >= 0.6 is 34.5 Å². The fourth-order valence-electron chi connectivity index (χ4n) is 2.95. The van der Waals surface area contributed by atoms with Crippen LogP contribution in [-0.4, -0.2) is 15.0 Å². The molecule has 0 fully saturated rings. The van der Waals surface area contributed by atoms with Gasteiger partial charge in [0.2, 0.25) is 0 Å². The fraction of sp³-hybridized carbons (Fsp3) is 0.150. The third-order valence-corrected chi connectivity index (χ3v) is 5.95. The minimum Gasteiger partial charge on any atom is -0.338 e. The Kier molecular flexibility index (Phi) is 5.57. The molecule has 2 heterocycles. The molecule has 4 rings (SSSR count). The summed E-state index contributed by atoms with van der Waals surface area (Å²) >= 11 is 13.8. The number of thiazole rings is 1. The first-order valence-electron chi connectivity index (χ1n) is 8.72. The molecule has 154 valence electrons. The Morgan fingerprint density at radius 3 is 2.37 bits per heavy atom. The number of aryl methyl sites for hydroxylation is 1. The number of para-hydroxylation sites is 1. The van der Waals surface area contributed by atoms with Crippen molar-refractivity contribution in [2.45, 2.75) is 19.5 Å². The van der Waals surface area contributed by atoms with E-state index in [0.29, 0.717) is 37.6 Å². The molecule has 30 heavy (non-hydrogen) atoms. The molecule has 0 atom stereocenters. The molecule has 0 aliphatic heterocycles. The molecular weight excluding hydrogens is 456 g/mol. The number of halogens is 5. The zero-order valence-electron chi connectivity index (χ0n) is 15.4. The summed E-state index contributed by atoms with van der Waals surface area (Å²) in [6, 6.07) is 10.4. The summed E-state index contributed by atoms with van der Waals surface area (Å²) < 4.78 is 40.1. The topological polar surface area (TPSA) is 50.7 Å². The van der Waals surface area contributed by atoms with E-state index in [1.54, 1.807) is 25.1 Å². The van der Waals surface area contributed by atoms with Gasteiger partial charge < -0.3 is 5.32 Å². The molecule has 0 radical (unpaired) electrons. The van der Waals surface area contributed by atoms with Crippen LogP contribution in [0.5, 0.6) is 0 Å². The highest BCUT2D eigenvalue weighted by atomic mass is 35.5. The number of rotatable bonds is 4. The van der Waals surface area contributed by atoms with Gasteiger partial charge in [0, 0.05) is 16.5 Å². The summed E-state index contributed by atoms with van der Waals surface area (Å²) in [7, 11) is 0. The van der Waals surface area contributed by atoms with Crippen LogP contribution in [0.15, 0.2) is 42.5 Å². The number of hydrogen-bond acceptors (Lipinski definition) is 5. The smallest absolute Gasteiger partial charge is 0.338 e. The van der Waals surface area contributed by atoms with Crippen molar-refractivity contribution in [3.05, 3.63) is 74.5 Å². The Bertz CT molecular complexity index is 1220. The highest BCUT2D eigenvalue weighted by molar-refractivity contribution is 7.18. The average Bonchev–Trinajstić information content (AvgIpc) is 3.07. The number of hydrogen-bond donors (Lipinski definition) is 1. The van der Waals surface area contributed by atoms with Crippen molar-refractivity contribution in [1.82, 2.24) is 15.0 Å². The molecule has 0 aliphatic carbocycles. The first-order valence-corrected chi connectivity index (χ1v) is 10.3. The van der Waals surface area contributed by atoms with Gasteiger partial charge in [0.25, 0.3) is 0 Å². The largest absolute Gasteiger partial charge is 0.418 e. The van der Waals surface area contributed by atoms with E-state index >= 15 is 0 Å².